The predicted octanol–water partition coefficient (Wildman–Crippen LogP) is 5.33. The van der Waals surface area contributed by atoms with Gasteiger partial charge in [0.15, 0.2) is 5.65 Å². The number of alkyl halides is 3. The first-order valence-corrected chi connectivity index (χ1v) is 8.04. The predicted molar refractivity (Wildman–Crippen MR) is 91.6 cm³/mol. The van der Waals surface area contributed by atoms with Crippen molar-refractivity contribution < 1.29 is 13.2 Å². The van der Waals surface area contributed by atoms with Crippen molar-refractivity contribution in [2.24, 2.45) is 0 Å². The van der Waals surface area contributed by atoms with Gasteiger partial charge in [0.05, 0.1) is 22.6 Å². The molecule has 0 aliphatic rings. The summed E-state index contributed by atoms with van der Waals surface area (Å²) in [5, 5.41) is 4.52. The van der Waals surface area contributed by atoms with E-state index in [1.807, 2.05) is 34.6 Å². The average Bonchev–Trinajstić information content (AvgIpc) is 2.83. The van der Waals surface area contributed by atoms with Crippen molar-refractivity contribution in [2.45, 2.75) is 46.2 Å². The lowest BCUT2D eigenvalue weighted by atomic mass is 9.91. The number of aryl methyl sites for hydroxylation is 2. The van der Waals surface area contributed by atoms with E-state index in [1.165, 1.54) is 12.1 Å². The molecular formula is C19H20F3N3. The second-order valence-corrected chi connectivity index (χ2v) is 7.29. The molecule has 25 heavy (non-hydrogen) atoms. The largest absolute Gasteiger partial charge is 0.417 e. The molecule has 2 heterocycles. The van der Waals surface area contributed by atoms with Gasteiger partial charge in [0.2, 0.25) is 0 Å². The van der Waals surface area contributed by atoms with Crippen LogP contribution in [-0.4, -0.2) is 14.6 Å². The molecule has 0 atom stereocenters. The third-order valence-corrected chi connectivity index (χ3v) is 4.16. The summed E-state index contributed by atoms with van der Waals surface area (Å²) in [6, 6.07) is 7.19. The van der Waals surface area contributed by atoms with Crippen LogP contribution in [0.1, 0.15) is 43.3 Å². The Bertz CT molecular complexity index is 947. The lowest BCUT2D eigenvalue weighted by Crippen LogP contribution is -2.17. The first kappa shape index (κ1) is 17.5. The number of hydrogen-bond donors (Lipinski definition) is 0. The summed E-state index contributed by atoms with van der Waals surface area (Å²) in [5.41, 5.74) is 2.66. The highest BCUT2D eigenvalue weighted by Gasteiger charge is 2.34. The van der Waals surface area contributed by atoms with Crippen molar-refractivity contribution in [2.75, 3.05) is 0 Å². The average molecular weight is 347 g/mol. The van der Waals surface area contributed by atoms with Crippen LogP contribution in [0.3, 0.4) is 0 Å². The topological polar surface area (TPSA) is 30.2 Å². The second-order valence-electron chi connectivity index (χ2n) is 7.29. The quantitative estimate of drug-likeness (QED) is 0.596. The van der Waals surface area contributed by atoms with E-state index < -0.39 is 11.7 Å². The molecule has 3 rings (SSSR count). The number of rotatable bonds is 1. The summed E-state index contributed by atoms with van der Waals surface area (Å²) < 4.78 is 41.8. The van der Waals surface area contributed by atoms with E-state index in [2.05, 4.69) is 10.1 Å². The maximum Gasteiger partial charge on any atom is 0.417 e. The molecule has 0 unspecified atom stereocenters. The lowest BCUT2D eigenvalue weighted by molar-refractivity contribution is -0.137. The summed E-state index contributed by atoms with van der Waals surface area (Å²) in [5.74, 6) is 0. The second kappa shape index (κ2) is 5.58. The molecule has 132 valence electrons. The van der Waals surface area contributed by atoms with Gasteiger partial charge in [-0.25, -0.2) is 9.50 Å². The molecule has 0 bridgehead atoms. The minimum Gasteiger partial charge on any atom is -0.232 e. The Kier molecular flexibility index (Phi) is 3.89. The van der Waals surface area contributed by atoms with Gasteiger partial charge in [0.25, 0.3) is 0 Å². The van der Waals surface area contributed by atoms with Crippen molar-refractivity contribution in [1.29, 1.82) is 0 Å². The number of nitrogens with zero attached hydrogens (tertiary/aromatic N) is 3. The normalized spacial score (nSPS) is 12.8. The van der Waals surface area contributed by atoms with E-state index in [1.54, 1.807) is 16.6 Å². The molecule has 0 aliphatic carbocycles. The summed E-state index contributed by atoms with van der Waals surface area (Å²) in [6.45, 7) is 9.86. The summed E-state index contributed by atoms with van der Waals surface area (Å²) in [6.07, 6.45) is -4.43. The molecule has 0 saturated carbocycles. The number of hydrogen-bond acceptors (Lipinski definition) is 2. The molecule has 0 amide bonds. The van der Waals surface area contributed by atoms with Crippen LogP contribution < -0.4 is 0 Å². The van der Waals surface area contributed by atoms with Gasteiger partial charge >= 0.3 is 6.18 Å². The monoisotopic (exact) mass is 347 g/mol. The molecule has 3 aromatic rings. The van der Waals surface area contributed by atoms with E-state index in [9.17, 15) is 13.2 Å². The van der Waals surface area contributed by atoms with Gasteiger partial charge < -0.3 is 0 Å². The molecule has 6 heteroatoms. The zero-order chi connectivity index (χ0) is 18.6. The third kappa shape index (κ3) is 3.01. The van der Waals surface area contributed by atoms with Crippen LogP contribution in [0.5, 0.6) is 0 Å². The van der Waals surface area contributed by atoms with Gasteiger partial charge in [-0.3, -0.25) is 0 Å². The fourth-order valence-electron chi connectivity index (χ4n) is 3.22. The molecule has 2 aromatic heterocycles. The van der Waals surface area contributed by atoms with E-state index >= 15 is 0 Å². The maximum absolute atomic E-state index is 13.4. The Morgan fingerprint density at radius 1 is 1.00 bits per heavy atom. The Balaban J connectivity index is 2.34. The zero-order valence-electron chi connectivity index (χ0n) is 14.9. The van der Waals surface area contributed by atoms with Crippen LogP contribution in [0, 0.1) is 13.8 Å². The van der Waals surface area contributed by atoms with Gasteiger partial charge in [0.1, 0.15) is 0 Å². The lowest BCUT2D eigenvalue weighted by Gasteiger charge is -2.19. The van der Waals surface area contributed by atoms with Crippen molar-refractivity contribution in [3.05, 3.63) is 52.8 Å². The Morgan fingerprint density at radius 3 is 2.24 bits per heavy atom. The van der Waals surface area contributed by atoms with Crippen molar-refractivity contribution in [3.8, 4) is 11.3 Å². The Hall–Kier alpha value is -2.37. The highest BCUT2D eigenvalue weighted by atomic mass is 19.4. The molecule has 0 fully saturated rings. The minimum absolute atomic E-state index is 0.0752. The summed E-state index contributed by atoms with van der Waals surface area (Å²) >= 11 is 0. The molecule has 0 aliphatic heterocycles. The van der Waals surface area contributed by atoms with E-state index in [0.29, 0.717) is 11.3 Å². The van der Waals surface area contributed by atoms with Crippen LogP contribution in [0.4, 0.5) is 13.2 Å². The van der Waals surface area contributed by atoms with Crippen LogP contribution >= 0.6 is 0 Å². The van der Waals surface area contributed by atoms with Crippen LogP contribution in [0.15, 0.2) is 30.3 Å². The Morgan fingerprint density at radius 2 is 1.64 bits per heavy atom. The molecule has 3 nitrogen and oxygen atoms in total. The standard InChI is InChI=1S/C19H20F3N3/c1-11-10-15(13-8-6-7-9-14(13)19(20,21)22)24-25-16(18(3,4)5)12(2)23-17(11)25/h6-10H,1-5H3. The highest BCUT2D eigenvalue weighted by molar-refractivity contribution is 5.67. The summed E-state index contributed by atoms with van der Waals surface area (Å²) in [4.78, 5) is 4.56. The van der Waals surface area contributed by atoms with E-state index in [0.717, 1.165) is 23.0 Å². The number of fused-ring (bicyclic) bond motifs is 1. The third-order valence-electron chi connectivity index (χ3n) is 4.16. The van der Waals surface area contributed by atoms with Gasteiger partial charge in [0, 0.05) is 11.0 Å². The first-order valence-electron chi connectivity index (χ1n) is 8.04. The van der Waals surface area contributed by atoms with Gasteiger partial charge in [-0.2, -0.15) is 18.3 Å². The molecule has 0 saturated heterocycles. The molecule has 0 radical (unpaired) electrons. The SMILES string of the molecule is Cc1nc2c(C)cc(-c3ccccc3C(F)(F)F)nn2c1C(C)(C)C. The van der Waals surface area contributed by atoms with Gasteiger partial charge in [-0.15, -0.1) is 0 Å². The highest BCUT2D eigenvalue weighted by Crippen LogP contribution is 2.37. The minimum atomic E-state index is -4.43. The number of imidazole rings is 1. The van der Waals surface area contributed by atoms with E-state index in [4.69, 9.17) is 0 Å². The van der Waals surface area contributed by atoms with Crippen LogP contribution in [0.2, 0.25) is 0 Å². The molecular weight excluding hydrogens is 327 g/mol. The van der Waals surface area contributed by atoms with Crippen molar-refractivity contribution in [3.63, 3.8) is 0 Å². The van der Waals surface area contributed by atoms with Crippen molar-refractivity contribution in [1.82, 2.24) is 14.6 Å². The van der Waals surface area contributed by atoms with Crippen molar-refractivity contribution >= 4 is 5.65 Å². The van der Waals surface area contributed by atoms with E-state index in [-0.39, 0.29) is 11.0 Å². The number of aromatic nitrogens is 3. The first-order chi connectivity index (χ1) is 11.5. The fourth-order valence-corrected chi connectivity index (χ4v) is 3.22. The van der Waals surface area contributed by atoms with Gasteiger partial charge in [-0.05, 0) is 31.5 Å². The van der Waals surface area contributed by atoms with Gasteiger partial charge in [-0.1, -0.05) is 39.0 Å². The molecule has 1 aromatic carbocycles. The number of benzene rings is 1. The number of halogens is 3. The van der Waals surface area contributed by atoms with Crippen LogP contribution in [-0.2, 0) is 11.6 Å². The zero-order valence-corrected chi connectivity index (χ0v) is 14.9. The maximum atomic E-state index is 13.4. The van der Waals surface area contributed by atoms with Crippen LogP contribution in [0.25, 0.3) is 16.9 Å². The summed E-state index contributed by atoms with van der Waals surface area (Å²) in [7, 11) is 0. The fraction of sp³-hybridized carbons (Fsp3) is 0.368. The molecule has 0 N–H and O–H groups in total. The smallest absolute Gasteiger partial charge is 0.232 e. The molecule has 0 spiro atoms. The Labute approximate surface area is 144 Å².